The number of nitrogens with zero attached hydrogens (tertiary/aromatic N) is 3. The second-order valence-corrected chi connectivity index (χ2v) is 6.03. The number of thiazole rings is 1. The van der Waals surface area contributed by atoms with Gasteiger partial charge in [0, 0.05) is 16.7 Å². The molecule has 0 spiro atoms. The zero-order chi connectivity index (χ0) is 15.4. The van der Waals surface area contributed by atoms with Gasteiger partial charge in [0.2, 0.25) is 4.80 Å². The van der Waals surface area contributed by atoms with Gasteiger partial charge in [-0.25, -0.2) is 9.07 Å². The van der Waals surface area contributed by atoms with E-state index in [0.29, 0.717) is 12.1 Å². The molecule has 0 atom stereocenters. The number of hydrogen-bond donors (Lipinski definition) is 0. The Balaban J connectivity index is 2.14. The van der Waals surface area contributed by atoms with Crippen LogP contribution in [0.1, 0.15) is 25.7 Å². The first-order valence-electron chi connectivity index (χ1n) is 7.43. The first kappa shape index (κ1) is 14.9. The van der Waals surface area contributed by atoms with Crippen LogP contribution in [0.2, 0.25) is 0 Å². The predicted octanol–water partition coefficient (Wildman–Crippen LogP) is 4.22. The van der Waals surface area contributed by atoms with Crippen LogP contribution >= 0.6 is 11.3 Å². The summed E-state index contributed by atoms with van der Waals surface area (Å²) < 4.78 is 15.9. The van der Waals surface area contributed by atoms with Gasteiger partial charge in [0.15, 0.2) is 0 Å². The molecule has 1 fully saturated rings. The maximum absolute atomic E-state index is 14.1. The van der Waals surface area contributed by atoms with Gasteiger partial charge in [-0.1, -0.05) is 18.2 Å². The van der Waals surface area contributed by atoms with Gasteiger partial charge < -0.3 is 0 Å². The normalized spacial score (nSPS) is 15.3. The molecule has 0 aliphatic heterocycles. The van der Waals surface area contributed by atoms with Crippen molar-refractivity contribution in [3.05, 3.63) is 52.9 Å². The quantitative estimate of drug-likeness (QED) is 0.756. The van der Waals surface area contributed by atoms with E-state index in [4.69, 9.17) is 5.10 Å². The van der Waals surface area contributed by atoms with Crippen LogP contribution in [0.5, 0.6) is 0 Å². The van der Waals surface area contributed by atoms with Gasteiger partial charge in [0.1, 0.15) is 5.82 Å². The minimum Gasteiger partial charge on any atom is -0.253 e. The average Bonchev–Trinajstić information content (AvgIpc) is 3.17. The highest BCUT2D eigenvalue weighted by Gasteiger charge is 2.14. The maximum Gasteiger partial charge on any atom is 0.206 e. The molecule has 1 heterocycles. The van der Waals surface area contributed by atoms with E-state index >= 15 is 0 Å². The van der Waals surface area contributed by atoms with E-state index in [9.17, 15) is 4.39 Å². The highest BCUT2D eigenvalue weighted by molar-refractivity contribution is 7.07. The fraction of sp³-hybridized carbons (Fsp3) is 0.294. The Morgan fingerprint density at radius 2 is 2.05 bits per heavy atom. The number of benzene rings is 1. The van der Waals surface area contributed by atoms with Crippen LogP contribution in [0.25, 0.3) is 11.3 Å². The Labute approximate surface area is 133 Å². The standard InChI is InChI=1S/C17H18FN3S/c1-2-11-19-17-21(20-13-7-3-4-8-13)16(12-22-17)14-9-5-6-10-15(14)18/h2,5-6,9-10,12H,1,3-4,7-8,11H2. The van der Waals surface area contributed by atoms with Gasteiger partial charge >= 0.3 is 0 Å². The Morgan fingerprint density at radius 1 is 1.27 bits per heavy atom. The van der Waals surface area contributed by atoms with Gasteiger partial charge in [0.25, 0.3) is 0 Å². The molecule has 3 nitrogen and oxygen atoms in total. The van der Waals surface area contributed by atoms with Crippen molar-refractivity contribution in [3.63, 3.8) is 0 Å². The van der Waals surface area contributed by atoms with Crippen LogP contribution in [0.3, 0.4) is 0 Å². The van der Waals surface area contributed by atoms with E-state index in [1.54, 1.807) is 22.9 Å². The fourth-order valence-corrected chi connectivity index (χ4v) is 3.36. The molecule has 0 N–H and O–H groups in total. The third kappa shape index (κ3) is 3.09. The van der Waals surface area contributed by atoms with Crippen molar-refractivity contribution in [1.82, 2.24) is 4.68 Å². The van der Waals surface area contributed by atoms with Crippen LogP contribution in [0.4, 0.5) is 4.39 Å². The van der Waals surface area contributed by atoms with Gasteiger partial charge in [-0.2, -0.15) is 5.10 Å². The van der Waals surface area contributed by atoms with E-state index < -0.39 is 0 Å². The highest BCUT2D eigenvalue weighted by atomic mass is 32.1. The van der Waals surface area contributed by atoms with Crippen molar-refractivity contribution in [2.45, 2.75) is 25.7 Å². The summed E-state index contributed by atoms with van der Waals surface area (Å²) in [6.45, 7) is 4.22. The Kier molecular flexibility index (Phi) is 4.63. The molecule has 0 amide bonds. The van der Waals surface area contributed by atoms with Crippen molar-refractivity contribution < 1.29 is 4.39 Å². The van der Waals surface area contributed by atoms with Crippen LogP contribution in [-0.4, -0.2) is 16.9 Å². The molecular weight excluding hydrogens is 297 g/mol. The average molecular weight is 315 g/mol. The van der Waals surface area contributed by atoms with Gasteiger partial charge in [-0.3, -0.25) is 4.99 Å². The highest BCUT2D eigenvalue weighted by Crippen LogP contribution is 2.24. The summed E-state index contributed by atoms with van der Waals surface area (Å²) in [4.78, 5) is 5.25. The van der Waals surface area contributed by atoms with Crippen molar-refractivity contribution in [2.75, 3.05) is 6.54 Å². The molecule has 1 aromatic carbocycles. The second kappa shape index (κ2) is 6.83. The summed E-state index contributed by atoms with van der Waals surface area (Å²) in [6, 6.07) is 6.78. The van der Waals surface area contributed by atoms with E-state index in [2.05, 4.69) is 11.6 Å². The molecule has 0 unspecified atom stereocenters. The number of rotatable bonds is 4. The lowest BCUT2D eigenvalue weighted by Gasteiger charge is -2.06. The molecule has 22 heavy (non-hydrogen) atoms. The lowest BCUT2D eigenvalue weighted by Crippen LogP contribution is -2.14. The molecule has 1 aliphatic rings. The zero-order valence-corrected chi connectivity index (χ0v) is 13.2. The van der Waals surface area contributed by atoms with Gasteiger partial charge in [0.05, 0.1) is 12.2 Å². The first-order chi connectivity index (χ1) is 10.8. The van der Waals surface area contributed by atoms with Crippen molar-refractivity contribution in [1.29, 1.82) is 0 Å². The van der Waals surface area contributed by atoms with Crippen molar-refractivity contribution in [3.8, 4) is 11.3 Å². The summed E-state index contributed by atoms with van der Waals surface area (Å²) in [5.74, 6) is -0.240. The van der Waals surface area contributed by atoms with E-state index in [1.165, 1.54) is 30.2 Å². The Hall–Kier alpha value is -2.01. The molecule has 3 rings (SSSR count). The molecule has 0 bridgehead atoms. The molecular formula is C17H18FN3S. The Bertz CT molecular complexity index is 762. The monoisotopic (exact) mass is 315 g/mol. The minimum atomic E-state index is -0.240. The van der Waals surface area contributed by atoms with Crippen LogP contribution < -0.4 is 4.80 Å². The SMILES string of the molecule is C=CCN=c1scc(-c2ccccc2F)n1N=C1CCCC1. The molecule has 0 saturated heterocycles. The predicted molar refractivity (Wildman–Crippen MR) is 89.6 cm³/mol. The van der Waals surface area contributed by atoms with Crippen LogP contribution in [0.15, 0.2) is 52.4 Å². The van der Waals surface area contributed by atoms with E-state index in [0.717, 1.165) is 29.0 Å². The summed E-state index contributed by atoms with van der Waals surface area (Å²) in [5, 5.41) is 6.65. The maximum atomic E-state index is 14.1. The molecule has 2 aromatic rings. The largest absolute Gasteiger partial charge is 0.253 e. The summed E-state index contributed by atoms with van der Waals surface area (Å²) >= 11 is 1.48. The van der Waals surface area contributed by atoms with E-state index in [1.807, 2.05) is 11.4 Å². The zero-order valence-electron chi connectivity index (χ0n) is 12.3. The molecule has 1 saturated carbocycles. The number of halogens is 1. The van der Waals surface area contributed by atoms with Crippen LogP contribution in [0, 0.1) is 5.82 Å². The number of aromatic nitrogens is 1. The van der Waals surface area contributed by atoms with Crippen LogP contribution in [-0.2, 0) is 0 Å². The van der Waals surface area contributed by atoms with Crippen molar-refractivity contribution in [2.24, 2.45) is 10.1 Å². The van der Waals surface area contributed by atoms with Gasteiger partial charge in [-0.05, 0) is 37.8 Å². The van der Waals surface area contributed by atoms with Gasteiger partial charge in [-0.15, -0.1) is 17.9 Å². The topological polar surface area (TPSA) is 29.6 Å². The summed E-state index contributed by atoms with van der Waals surface area (Å²) in [6.07, 6.45) is 6.13. The molecule has 5 heteroatoms. The second-order valence-electron chi connectivity index (χ2n) is 5.20. The smallest absolute Gasteiger partial charge is 0.206 e. The third-order valence-corrected chi connectivity index (χ3v) is 4.47. The Morgan fingerprint density at radius 3 is 2.77 bits per heavy atom. The van der Waals surface area contributed by atoms with Crippen molar-refractivity contribution >= 4 is 17.0 Å². The lowest BCUT2D eigenvalue weighted by molar-refractivity contribution is 0.629. The third-order valence-electron chi connectivity index (χ3n) is 3.61. The fourth-order valence-electron chi connectivity index (χ4n) is 2.53. The lowest BCUT2D eigenvalue weighted by atomic mass is 10.1. The summed E-state index contributed by atoms with van der Waals surface area (Å²) in [5.41, 5.74) is 2.47. The number of hydrogen-bond acceptors (Lipinski definition) is 3. The molecule has 0 radical (unpaired) electrons. The molecule has 1 aromatic heterocycles. The summed E-state index contributed by atoms with van der Waals surface area (Å²) in [7, 11) is 0. The first-order valence-corrected chi connectivity index (χ1v) is 8.31. The van der Waals surface area contributed by atoms with E-state index in [-0.39, 0.29) is 5.82 Å². The molecule has 114 valence electrons. The minimum absolute atomic E-state index is 0.240. The molecule has 1 aliphatic carbocycles.